The van der Waals surface area contributed by atoms with Crippen LogP contribution < -0.4 is 20.1 Å². The van der Waals surface area contributed by atoms with E-state index in [0.717, 1.165) is 61.3 Å². The van der Waals surface area contributed by atoms with Crippen molar-refractivity contribution in [3.8, 4) is 11.5 Å². The van der Waals surface area contributed by atoms with E-state index in [4.69, 9.17) is 9.47 Å². The maximum atomic E-state index is 5.44. The van der Waals surface area contributed by atoms with Gasteiger partial charge in [0.2, 0.25) is 6.79 Å². The van der Waals surface area contributed by atoms with Gasteiger partial charge in [0.15, 0.2) is 11.5 Å². The number of nitrogens with zero attached hydrogens (tertiary/aromatic N) is 3. The molecule has 1 fully saturated rings. The highest BCUT2D eigenvalue weighted by Crippen LogP contribution is 2.35. The zero-order chi connectivity index (χ0) is 20.2. The molecule has 1 saturated heterocycles. The van der Waals surface area contributed by atoms with Gasteiger partial charge in [-0.15, -0.1) is 0 Å². The summed E-state index contributed by atoms with van der Waals surface area (Å²) in [6, 6.07) is 18.8. The molecule has 0 bridgehead atoms. The van der Waals surface area contributed by atoms with Gasteiger partial charge in [-0.05, 0) is 30.5 Å². The van der Waals surface area contributed by atoms with Crippen molar-refractivity contribution in [3.63, 3.8) is 0 Å². The number of ether oxygens (including phenoxy) is 2. The summed E-state index contributed by atoms with van der Waals surface area (Å²) in [6.07, 6.45) is 3.78. The van der Waals surface area contributed by atoms with Crippen LogP contribution in [0.2, 0.25) is 0 Å². The second kappa shape index (κ2) is 8.59. The van der Waals surface area contributed by atoms with Gasteiger partial charge in [0, 0.05) is 43.5 Å². The van der Waals surface area contributed by atoms with Gasteiger partial charge in [-0.2, -0.15) is 0 Å². The van der Waals surface area contributed by atoms with Crippen LogP contribution >= 0.6 is 0 Å². The predicted molar refractivity (Wildman–Crippen MR) is 116 cm³/mol. The van der Waals surface area contributed by atoms with Crippen LogP contribution in [0.4, 0.5) is 17.3 Å². The fourth-order valence-corrected chi connectivity index (χ4v) is 3.91. The smallest absolute Gasteiger partial charge is 0.231 e. The Morgan fingerprint density at radius 1 is 0.900 bits per heavy atom. The first-order chi connectivity index (χ1) is 14.8. The lowest BCUT2D eigenvalue weighted by atomic mass is 10.0. The van der Waals surface area contributed by atoms with Crippen molar-refractivity contribution in [1.82, 2.24) is 14.9 Å². The molecule has 1 aromatic heterocycles. The van der Waals surface area contributed by atoms with Gasteiger partial charge >= 0.3 is 0 Å². The molecule has 0 saturated carbocycles. The van der Waals surface area contributed by atoms with Gasteiger partial charge in [0.05, 0.1) is 0 Å². The molecule has 0 aliphatic carbocycles. The van der Waals surface area contributed by atoms with Gasteiger partial charge in [-0.3, -0.25) is 4.90 Å². The molecule has 154 valence electrons. The van der Waals surface area contributed by atoms with Crippen molar-refractivity contribution >= 4 is 17.3 Å². The third kappa shape index (κ3) is 4.46. The molecule has 2 aliphatic rings. The number of hydrogen-bond donors (Lipinski definition) is 2. The SMILES string of the molecule is c1ccc(CN2CCC(Nc3cc(Nc4ccc5c(c4)OCO5)ncn3)CC2)cc1. The quantitative estimate of drug-likeness (QED) is 0.644. The number of fused-ring (bicyclic) bond motifs is 1. The minimum absolute atomic E-state index is 0.268. The standard InChI is InChI=1S/C23H25N5O2/c1-2-4-17(5-3-1)14-28-10-8-18(9-11-28)26-22-13-23(25-15-24-22)27-19-6-7-20-21(12-19)30-16-29-20/h1-7,12-13,15,18H,8-11,14,16H2,(H2,24,25,26,27). The molecule has 0 amide bonds. The van der Waals surface area contributed by atoms with Crippen LogP contribution in [0, 0.1) is 0 Å². The van der Waals surface area contributed by atoms with Gasteiger partial charge in [0.1, 0.15) is 18.0 Å². The molecule has 0 radical (unpaired) electrons. The molecule has 5 rings (SSSR count). The van der Waals surface area contributed by atoms with Crippen molar-refractivity contribution in [2.24, 2.45) is 0 Å². The summed E-state index contributed by atoms with van der Waals surface area (Å²) in [5.74, 6) is 3.10. The molecule has 0 atom stereocenters. The maximum absolute atomic E-state index is 5.44. The van der Waals surface area contributed by atoms with Crippen molar-refractivity contribution in [3.05, 3.63) is 66.5 Å². The molecule has 30 heavy (non-hydrogen) atoms. The van der Waals surface area contributed by atoms with E-state index in [9.17, 15) is 0 Å². The predicted octanol–water partition coefficient (Wildman–Crippen LogP) is 4.03. The Kier molecular flexibility index (Phi) is 5.35. The third-order valence-corrected chi connectivity index (χ3v) is 5.50. The number of hydrogen-bond acceptors (Lipinski definition) is 7. The first kappa shape index (κ1) is 18.7. The summed E-state index contributed by atoms with van der Waals surface area (Å²) in [5.41, 5.74) is 2.28. The largest absolute Gasteiger partial charge is 0.454 e. The highest BCUT2D eigenvalue weighted by atomic mass is 16.7. The molecule has 7 nitrogen and oxygen atoms in total. The molecule has 2 N–H and O–H groups in total. The lowest BCUT2D eigenvalue weighted by Crippen LogP contribution is -2.38. The van der Waals surface area contributed by atoms with Crippen molar-refractivity contribution in [2.45, 2.75) is 25.4 Å². The summed E-state index contributed by atoms with van der Waals surface area (Å²) in [4.78, 5) is 11.3. The van der Waals surface area contributed by atoms with Crippen LogP contribution in [0.25, 0.3) is 0 Å². The van der Waals surface area contributed by atoms with E-state index in [0.29, 0.717) is 6.04 Å². The van der Waals surface area contributed by atoms with Gasteiger partial charge in [0.25, 0.3) is 0 Å². The minimum Gasteiger partial charge on any atom is -0.454 e. The minimum atomic E-state index is 0.268. The number of piperidine rings is 1. The Balaban J connectivity index is 1.15. The number of likely N-dealkylation sites (tertiary alicyclic amines) is 1. The summed E-state index contributed by atoms with van der Waals surface area (Å²) in [6.45, 7) is 3.45. The van der Waals surface area contributed by atoms with Crippen molar-refractivity contribution in [2.75, 3.05) is 30.5 Å². The van der Waals surface area contributed by atoms with E-state index >= 15 is 0 Å². The van der Waals surface area contributed by atoms with Crippen LogP contribution in [0.15, 0.2) is 60.9 Å². The topological polar surface area (TPSA) is 71.5 Å². The molecule has 3 aromatic rings. The van der Waals surface area contributed by atoms with E-state index < -0.39 is 0 Å². The Labute approximate surface area is 176 Å². The van der Waals surface area contributed by atoms with Gasteiger partial charge in [-0.25, -0.2) is 9.97 Å². The number of nitrogens with one attached hydrogen (secondary N) is 2. The van der Waals surface area contributed by atoms with E-state index in [1.807, 2.05) is 24.3 Å². The maximum Gasteiger partial charge on any atom is 0.231 e. The lowest BCUT2D eigenvalue weighted by molar-refractivity contribution is 0.174. The van der Waals surface area contributed by atoms with Gasteiger partial charge < -0.3 is 20.1 Å². The molecule has 2 aromatic carbocycles. The molecular weight excluding hydrogens is 378 g/mol. The molecule has 0 spiro atoms. The zero-order valence-corrected chi connectivity index (χ0v) is 16.8. The van der Waals surface area contributed by atoms with Gasteiger partial charge in [-0.1, -0.05) is 30.3 Å². The summed E-state index contributed by atoms with van der Waals surface area (Å²) in [7, 11) is 0. The summed E-state index contributed by atoms with van der Waals surface area (Å²) in [5, 5.41) is 6.88. The zero-order valence-electron chi connectivity index (χ0n) is 16.8. The van der Waals surface area contributed by atoms with Crippen LogP contribution in [0.3, 0.4) is 0 Å². The third-order valence-electron chi connectivity index (χ3n) is 5.50. The number of benzene rings is 2. The monoisotopic (exact) mass is 403 g/mol. The van der Waals surface area contributed by atoms with Crippen LogP contribution in [-0.2, 0) is 6.54 Å². The average molecular weight is 403 g/mol. The number of anilines is 3. The summed E-state index contributed by atoms with van der Waals surface area (Å²) >= 11 is 0. The molecular formula is C23H25N5O2. The number of rotatable bonds is 6. The van der Waals surface area contributed by atoms with Crippen molar-refractivity contribution < 1.29 is 9.47 Å². The highest BCUT2D eigenvalue weighted by Gasteiger charge is 2.19. The van der Waals surface area contributed by atoms with E-state index in [2.05, 4.69) is 55.8 Å². The Morgan fingerprint density at radius 3 is 2.57 bits per heavy atom. The Hall–Kier alpha value is -3.32. The Bertz CT molecular complexity index is 990. The molecule has 0 unspecified atom stereocenters. The van der Waals surface area contributed by atoms with Crippen molar-refractivity contribution in [1.29, 1.82) is 0 Å². The molecule has 7 heteroatoms. The second-order valence-electron chi connectivity index (χ2n) is 7.66. The van der Waals surface area contributed by atoms with E-state index in [1.54, 1.807) is 6.33 Å². The highest BCUT2D eigenvalue weighted by molar-refractivity contribution is 5.63. The summed E-state index contributed by atoms with van der Waals surface area (Å²) < 4.78 is 10.8. The Morgan fingerprint density at radius 2 is 1.70 bits per heavy atom. The second-order valence-corrected chi connectivity index (χ2v) is 7.66. The van der Waals surface area contributed by atoms with E-state index in [1.165, 1.54) is 5.56 Å². The molecule has 2 aliphatic heterocycles. The lowest BCUT2D eigenvalue weighted by Gasteiger charge is -2.32. The van der Waals surface area contributed by atoms with E-state index in [-0.39, 0.29) is 6.79 Å². The first-order valence-corrected chi connectivity index (χ1v) is 10.3. The van der Waals surface area contributed by atoms with Crippen LogP contribution in [-0.4, -0.2) is 40.8 Å². The van der Waals surface area contributed by atoms with Crippen LogP contribution in [0.5, 0.6) is 11.5 Å². The fourth-order valence-electron chi connectivity index (χ4n) is 3.91. The average Bonchev–Trinajstić information content (AvgIpc) is 3.24. The number of aromatic nitrogens is 2. The molecule has 3 heterocycles. The fraction of sp³-hybridized carbons (Fsp3) is 0.304. The first-order valence-electron chi connectivity index (χ1n) is 10.3. The normalized spacial score (nSPS) is 16.4. The van der Waals surface area contributed by atoms with Crippen LogP contribution in [0.1, 0.15) is 18.4 Å².